The lowest BCUT2D eigenvalue weighted by molar-refractivity contribution is 0.0965. The van der Waals surface area contributed by atoms with Gasteiger partial charge in [-0.15, -0.1) is 0 Å². The fourth-order valence-electron chi connectivity index (χ4n) is 1.46. The lowest BCUT2D eigenvalue weighted by Gasteiger charge is -2.05. The van der Waals surface area contributed by atoms with Crippen LogP contribution in [0, 0.1) is 0 Å². The highest BCUT2D eigenvalue weighted by atomic mass is 16.5. The molecule has 1 amide bonds. The van der Waals surface area contributed by atoms with Gasteiger partial charge < -0.3 is 15.8 Å². The van der Waals surface area contributed by atoms with Gasteiger partial charge in [-0.2, -0.15) is 0 Å². The van der Waals surface area contributed by atoms with Crippen molar-refractivity contribution in [3.8, 4) is 5.75 Å². The molecule has 1 aliphatic rings. The van der Waals surface area contributed by atoms with Gasteiger partial charge in [0, 0.05) is 18.7 Å². The van der Waals surface area contributed by atoms with E-state index in [0.29, 0.717) is 31.0 Å². The molecule has 4 nitrogen and oxygen atoms in total. The van der Waals surface area contributed by atoms with Crippen LogP contribution in [0.2, 0.25) is 0 Å². The van der Waals surface area contributed by atoms with Crippen LogP contribution in [0.5, 0.6) is 5.75 Å². The molecule has 0 aromatic heterocycles. The standard InChI is InChI=1S/C10H12N2O2/c11-3-4-14-8-2-1-7-6-12-10(13)9(7)5-8/h1-2,5H,3-4,6,11H2,(H,12,13). The summed E-state index contributed by atoms with van der Waals surface area (Å²) >= 11 is 0. The van der Waals surface area contributed by atoms with Crippen LogP contribution in [-0.2, 0) is 6.54 Å². The summed E-state index contributed by atoms with van der Waals surface area (Å²) in [5.74, 6) is 0.671. The van der Waals surface area contributed by atoms with Crippen molar-refractivity contribution in [3.63, 3.8) is 0 Å². The molecule has 0 radical (unpaired) electrons. The van der Waals surface area contributed by atoms with E-state index in [1.807, 2.05) is 12.1 Å². The summed E-state index contributed by atoms with van der Waals surface area (Å²) < 4.78 is 5.32. The molecule has 0 saturated heterocycles. The van der Waals surface area contributed by atoms with Gasteiger partial charge in [0.15, 0.2) is 0 Å². The van der Waals surface area contributed by atoms with E-state index in [-0.39, 0.29) is 5.91 Å². The molecule has 2 rings (SSSR count). The number of benzene rings is 1. The Labute approximate surface area is 82.1 Å². The van der Waals surface area contributed by atoms with E-state index >= 15 is 0 Å². The maximum atomic E-state index is 11.3. The molecule has 1 aromatic rings. The Morgan fingerprint density at radius 2 is 2.36 bits per heavy atom. The zero-order valence-corrected chi connectivity index (χ0v) is 7.75. The lowest BCUT2D eigenvalue weighted by atomic mass is 10.1. The Balaban J connectivity index is 2.21. The summed E-state index contributed by atoms with van der Waals surface area (Å²) in [6, 6.07) is 5.52. The second-order valence-electron chi connectivity index (χ2n) is 3.14. The van der Waals surface area contributed by atoms with Crippen molar-refractivity contribution in [1.82, 2.24) is 5.32 Å². The average Bonchev–Trinajstić information content (AvgIpc) is 2.57. The van der Waals surface area contributed by atoms with E-state index in [0.717, 1.165) is 5.56 Å². The SMILES string of the molecule is NCCOc1ccc2c(c1)C(=O)NC2. The van der Waals surface area contributed by atoms with Crippen LogP contribution in [-0.4, -0.2) is 19.1 Å². The summed E-state index contributed by atoms with van der Waals surface area (Å²) in [6.07, 6.45) is 0. The van der Waals surface area contributed by atoms with E-state index < -0.39 is 0 Å². The van der Waals surface area contributed by atoms with Gasteiger partial charge in [0.2, 0.25) is 0 Å². The molecule has 0 fully saturated rings. The number of carbonyl (C=O) groups is 1. The molecule has 0 saturated carbocycles. The van der Waals surface area contributed by atoms with Crippen LogP contribution in [0.15, 0.2) is 18.2 Å². The van der Waals surface area contributed by atoms with Crippen LogP contribution in [0.1, 0.15) is 15.9 Å². The van der Waals surface area contributed by atoms with Gasteiger partial charge in [-0.3, -0.25) is 4.79 Å². The summed E-state index contributed by atoms with van der Waals surface area (Å²) in [7, 11) is 0. The molecule has 0 aliphatic carbocycles. The first-order valence-electron chi connectivity index (χ1n) is 4.55. The maximum Gasteiger partial charge on any atom is 0.252 e. The molecule has 3 N–H and O–H groups in total. The highest BCUT2D eigenvalue weighted by molar-refractivity contribution is 5.98. The van der Waals surface area contributed by atoms with E-state index in [4.69, 9.17) is 10.5 Å². The number of rotatable bonds is 3. The Hall–Kier alpha value is -1.55. The number of hydrogen-bond acceptors (Lipinski definition) is 3. The van der Waals surface area contributed by atoms with Gasteiger partial charge in [-0.05, 0) is 17.7 Å². The summed E-state index contributed by atoms with van der Waals surface area (Å²) in [4.78, 5) is 11.3. The second kappa shape index (κ2) is 3.67. The number of ether oxygens (including phenoxy) is 1. The zero-order chi connectivity index (χ0) is 9.97. The van der Waals surface area contributed by atoms with E-state index in [9.17, 15) is 4.79 Å². The van der Waals surface area contributed by atoms with Crippen LogP contribution >= 0.6 is 0 Å². The molecule has 4 heteroatoms. The molecular weight excluding hydrogens is 180 g/mol. The fraction of sp³-hybridized carbons (Fsp3) is 0.300. The summed E-state index contributed by atoms with van der Waals surface area (Å²) in [5.41, 5.74) is 7.04. The van der Waals surface area contributed by atoms with Crippen molar-refractivity contribution in [3.05, 3.63) is 29.3 Å². The van der Waals surface area contributed by atoms with Crippen LogP contribution in [0.4, 0.5) is 0 Å². The molecular formula is C10H12N2O2. The highest BCUT2D eigenvalue weighted by Crippen LogP contribution is 2.21. The average molecular weight is 192 g/mol. The van der Waals surface area contributed by atoms with Crippen LogP contribution in [0.25, 0.3) is 0 Å². The first-order chi connectivity index (χ1) is 6.81. The van der Waals surface area contributed by atoms with Crippen LogP contribution in [0.3, 0.4) is 0 Å². The molecule has 0 atom stereocenters. The number of nitrogens with one attached hydrogen (secondary N) is 1. The first kappa shape index (κ1) is 9.02. The molecule has 0 spiro atoms. The lowest BCUT2D eigenvalue weighted by Crippen LogP contribution is -2.13. The molecule has 0 unspecified atom stereocenters. The van der Waals surface area contributed by atoms with Crippen molar-refractivity contribution in [2.45, 2.75) is 6.54 Å². The van der Waals surface area contributed by atoms with E-state index in [1.54, 1.807) is 6.07 Å². The molecule has 1 aliphatic heterocycles. The largest absolute Gasteiger partial charge is 0.492 e. The van der Waals surface area contributed by atoms with Gasteiger partial charge in [0.25, 0.3) is 5.91 Å². The van der Waals surface area contributed by atoms with Crippen molar-refractivity contribution in [2.75, 3.05) is 13.2 Å². The minimum absolute atomic E-state index is 0.0294. The molecule has 14 heavy (non-hydrogen) atoms. The number of nitrogens with two attached hydrogens (primary N) is 1. The molecule has 74 valence electrons. The Bertz CT molecular complexity index is 363. The normalized spacial score (nSPS) is 13.6. The monoisotopic (exact) mass is 192 g/mol. The third-order valence-electron chi connectivity index (χ3n) is 2.15. The predicted molar refractivity (Wildman–Crippen MR) is 52.2 cm³/mol. The van der Waals surface area contributed by atoms with Gasteiger partial charge in [0.05, 0.1) is 0 Å². The number of fused-ring (bicyclic) bond motifs is 1. The second-order valence-corrected chi connectivity index (χ2v) is 3.14. The van der Waals surface area contributed by atoms with E-state index in [2.05, 4.69) is 5.32 Å². The topological polar surface area (TPSA) is 64.3 Å². The van der Waals surface area contributed by atoms with Crippen molar-refractivity contribution >= 4 is 5.91 Å². The molecule has 0 bridgehead atoms. The van der Waals surface area contributed by atoms with Crippen molar-refractivity contribution < 1.29 is 9.53 Å². The smallest absolute Gasteiger partial charge is 0.252 e. The minimum Gasteiger partial charge on any atom is -0.492 e. The number of hydrogen-bond donors (Lipinski definition) is 2. The Morgan fingerprint density at radius 3 is 3.14 bits per heavy atom. The van der Waals surface area contributed by atoms with Gasteiger partial charge in [-0.1, -0.05) is 6.07 Å². The summed E-state index contributed by atoms with van der Waals surface area (Å²) in [6.45, 7) is 1.56. The number of amides is 1. The van der Waals surface area contributed by atoms with Gasteiger partial charge >= 0.3 is 0 Å². The van der Waals surface area contributed by atoms with Crippen molar-refractivity contribution in [2.24, 2.45) is 5.73 Å². The highest BCUT2D eigenvalue weighted by Gasteiger charge is 2.18. The quantitative estimate of drug-likeness (QED) is 0.722. The minimum atomic E-state index is -0.0294. The van der Waals surface area contributed by atoms with Gasteiger partial charge in [0.1, 0.15) is 12.4 Å². The third-order valence-corrected chi connectivity index (χ3v) is 2.15. The third kappa shape index (κ3) is 1.56. The zero-order valence-electron chi connectivity index (χ0n) is 7.75. The number of carbonyl (C=O) groups excluding carboxylic acids is 1. The Kier molecular flexibility index (Phi) is 2.37. The van der Waals surface area contributed by atoms with Gasteiger partial charge in [-0.25, -0.2) is 0 Å². The molecule has 1 heterocycles. The van der Waals surface area contributed by atoms with Crippen molar-refractivity contribution in [1.29, 1.82) is 0 Å². The summed E-state index contributed by atoms with van der Waals surface area (Å²) in [5, 5.41) is 2.75. The van der Waals surface area contributed by atoms with Crippen LogP contribution < -0.4 is 15.8 Å². The first-order valence-corrected chi connectivity index (χ1v) is 4.55. The Morgan fingerprint density at radius 1 is 1.50 bits per heavy atom. The fourth-order valence-corrected chi connectivity index (χ4v) is 1.46. The predicted octanol–water partition coefficient (Wildman–Crippen LogP) is 0.267. The van der Waals surface area contributed by atoms with E-state index in [1.165, 1.54) is 0 Å². The maximum absolute atomic E-state index is 11.3. The molecule has 1 aromatic carbocycles.